The Balaban J connectivity index is 1.78. The first-order valence-corrected chi connectivity index (χ1v) is 8.23. The molecule has 0 atom stereocenters. The Morgan fingerprint density at radius 3 is 2.84 bits per heavy atom. The molecule has 0 N–H and O–H groups in total. The van der Waals surface area contributed by atoms with Crippen LogP contribution in [0.5, 0.6) is 5.75 Å². The average Bonchev–Trinajstić information content (AvgIpc) is 2.63. The summed E-state index contributed by atoms with van der Waals surface area (Å²) in [5, 5.41) is 0. The molecule has 130 valence electrons. The first kappa shape index (κ1) is 17.1. The Morgan fingerprint density at radius 2 is 2.12 bits per heavy atom. The number of fused-ring (bicyclic) bond motifs is 1. The van der Waals surface area contributed by atoms with Crippen LogP contribution in [-0.4, -0.2) is 19.1 Å². The van der Waals surface area contributed by atoms with Gasteiger partial charge in [-0.2, -0.15) is 0 Å². The molecule has 0 spiro atoms. The van der Waals surface area contributed by atoms with Crippen LogP contribution in [0.3, 0.4) is 0 Å². The van der Waals surface area contributed by atoms with Crippen LogP contribution in [0.1, 0.15) is 29.3 Å². The van der Waals surface area contributed by atoms with E-state index in [1.807, 2.05) is 13.0 Å². The van der Waals surface area contributed by atoms with Crippen molar-refractivity contribution in [1.82, 2.24) is 0 Å². The van der Waals surface area contributed by atoms with Crippen LogP contribution in [0, 0.1) is 5.82 Å². The van der Waals surface area contributed by atoms with Crippen LogP contribution in [0.15, 0.2) is 54.4 Å². The van der Waals surface area contributed by atoms with Gasteiger partial charge in [-0.15, -0.1) is 0 Å². The molecule has 2 aromatic rings. The average molecular weight is 343 g/mol. The van der Waals surface area contributed by atoms with Crippen molar-refractivity contribution in [3.05, 3.63) is 71.3 Å². The van der Waals surface area contributed by atoms with E-state index in [4.69, 9.17) is 4.74 Å². The predicted molar refractivity (Wildman–Crippen MR) is 93.2 cm³/mol. The molecular weight excluding hydrogens is 324 g/mol. The minimum atomic E-state index is -0.368. The van der Waals surface area contributed by atoms with Gasteiger partial charge in [-0.3, -0.25) is 4.79 Å². The Labute approximate surface area is 145 Å². The van der Waals surface area contributed by atoms with Gasteiger partial charge >= 0.3 is 0 Å². The number of carbonyl (C=O) groups is 1. The fraction of sp³-hybridized carbons (Fsp3) is 0.250. The summed E-state index contributed by atoms with van der Waals surface area (Å²) in [4.78, 5) is 14.3. The molecule has 1 aliphatic rings. The minimum absolute atomic E-state index is 0.156. The zero-order valence-corrected chi connectivity index (χ0v) is 14.0. The van der Waals surface area contributed by atoms with Crippen molar-refractivity contribution in [3.63, 3.8) is 0 Å². The summed E-state index contributed by atoms with van der Waals surface area (Å²) in [6.07, 6.45) is 1.80. The number of anilines is 1. The highest BCUT2D eigenvalue weighted by Gasteiger charge is 2.26. The molecular formula is C20H19F2NO2. The topological polar surface area (TPSA) is 29.5 Å². The number of nitrogens with zero attached hydrogens (tertiary/aromatic N) is 1. The molecule has 0 unspecified atom stereocenters. The normalized spacial score (nSPS) is 14.4. The molecule has 0 aromatic heterocycles. The molecule has 0 saturated heterocycles. The van der Waals surface area contributed by atoms with Crippen LogP contribution in [0.2, 0.25) is 0 Å². The number of hydrogen-bond acceptors (Lipinski definition) is 2. The number of halogens is 2. The van der Waals surface area contributed by atoms with Crippen molar-refractivity contribution in [2.45, 2.75) is 19.8 Å². The highest BCUT2D eigenvalue weighted by atomic mass is 19.1. The smallest absolute Gasteiger partial charge is 0.258 e. The van der Waals surface area contributed by atoms with Gasteiger partial charge < -0.3 is 9.64 Å². The van der Waals surface area contributed by atoms with Gasteiger partial charge in [0.05, 0.1) is 6.33 Å². The molecule has 0 fully saturated rings. The van der Waals surface area contributed by atoms with Gasteiger partial charge in [-0.1, -0.05) is 13.0 Å². The lowest BCUT2D eigenvalue weighted by Crippen LogP contribution is -2.37. The van der Waals surface area contributed by atoms with E-state index in [1.165, 1.54) is 12.1 Å². The summed E-state index contributed by atoms with van der Waals surface area (Å²) in [5.74, 6) is 0.0855. The fourth-order valence-corrected chi connectivity index (χ4v) is 2.83. The maximum Gasteiger partial charge on any atom is 0.258 e. The third-order valence-electron chi connectivity index (χ3n) is 4.31. The lowest BCUT2D eigenvalue weighted by molar-refractivity contribution is 0.0980. The first-order valence-electron chi connectivity index (χ1n) is 8.23. The molecule has 5 heteroatoms. The van der Waals surface area contributed by atoms with E-state index in [1.54, 1.807) is 29.2 Å². The second-order valence-electron chi connectivity index (χ2n) is 5.92. The van der Waals surface area contributed by atoms with Crippen LogP contribution in [0.25, 0.3) is 0 Å². The van der Waals surface area contributed by atoms with E-state index in [0.717, 1.165) is 5.56 Å². The zero-order valence-electron chi connectivity index (χ0n) is 14.0. The monoisotopic (exact) mass is 343 g/mol. The second-order valence-corrected chi connectivity index (χ2v) is 5.92. The predicted octanol–water partition coefficient (Wildman–Crippen LogP) is 4.67. The molecule has 25 heavy (non-hydrogen) atoms. The largest absolute Gasteiger partial charge is 0.489 e. The molecule has 0 bridgehead atoms. The highest BCUT2D eigenvalue weighted by Crippen LogP contribution is 2.28. The maximum absolute atomic E-state index is 13.4. The minimum Gasteiger partial charge on any atom is -0.489 e. The van der Waals surface area contributed by atoms with Gasteiger partial charge in [0.25, 0.3) is 5.91 Å². The summed E-state index contributed by atoms with van der Waals surface area (Å²) in [6.45, 7) is 2.53. The Morgan fingerprint density at radius 1 is 1.28 bits per heavy atom. The fourth-order valence-electron chi connectivity index (χ4n) is 2.83. The van der Waals surface area contributed by atoms with Crippen molar-refractivity contribution in [2.24, 2.45) is 0 Å². The van der Waals surface area contributed by atoms with Crippen LogP contribution >= 0.6 is 0 Å². The van der Waals surface area contributed by atoms with Crippen molar-refractivity contribution in [2.75, 3.05) is 18.1 Å². The maximum atomic E-state index is 13.4. The second kappa shape index (κ2) is 7.47. The molecule has 3 rings (SSSR count). The third-order valence-corrected chi connectivity index (χ3v) is 4.31. The quantitative estimate of drug-likeness (QED) is 0.789. The Bertz CT molecular complexity index is 817. The van der Waals surface area contributed by atoms with Gasteiger partial charge in [0.1, 0.15) is 18.2 Å². The van der Waals surface area contributed by atoms with E-state index in [2.05, 4.69) is 0 Å². The number of hydrogen-bond donors (Lipinski definition) is 0. The van der Waals surface area contributed by atoms with Crippen molar-refractivity contribution in [1.29, 1.82) is 0 Å². The number of amides is 1. The summed E-state index contributed by atoms with van der Waals surface area (Å²) < 4.78 is 31.6. The molecule has 0 saturated carbocycles. The Kier molecular flexibility index (Phi) is 5.12. The van der Waals surface area contributed by atoms with Gasteiger partial charge in [0.15, 0.2) is 0 Å². The summed E-state index contributed by atoms with van der Waals surface area (Å²) in [5.41, 5.74) is 2.60. The van der Waals surface area contributed by atoms with Crippen molar-refractivity contribution < 1.29 is 18.3 Å². The standard InChI is InChI=1S/C20H19F2NO2/c1-2-14(12-21)13-25-18-6-7-19-15(10-18)8-9-23(20(19)24)17-5-3-4-16(22)11-17/h3-7,10-12H,2,8-9,13H2,1H3/b14-12+. The Hall–Kier alpha value is -2.69. The van der Waals surface area contributed by atoms with Gasteiger partial charge in [-0.05, 0) is 60.4 Å². The van der Waals surface area contributed by atoms with E-state index in [9.17, 15) is 13.6 Å². The lowest BCUT2D eigenvalue weighted by Gasteiger charge is -2.29. The molecule has 1 aliphatic heterocycles. The first-order chi connectivity index (χ1) is 12.1. The molecule has 1 heterocycles. The summed E-state index contributed by atoms with van der Waals surface area (Å²) in [7, 11) is 0. The van der Waals surface area contributed by atoms with Gasteiger partial charge in [0.2, 0.25) is 0 Å². The van der Waals surface area contributed by atoms with Crippen molar-refractivity contribution >= 4 is 11.6 Å². The SMILES string of the molecule is CC/C(=C\F)COc1ccc2c(c1)CCN(c1cccc(F)c1)C2=O. The highest BCUT2D eigenvalue weighted by molar-refractivity contribution is 6.08. The zero-order chi connectivity index (χ0) is 17.8. The van der Waals surface area contributed by atoms with Crippen LogP contribution in [0.4, 0.5) is 14.5 Å². The lowest BCUT2D eigenvalue weighted by atomic mass is 9.98. The van der Waals surface area contributed by atoms with E-state index in [0.29, 0.717) is 48.3 Å². The van der Waals surface area contributed by atoms with Crippen LogP contribution in [-0.2, 0) is 6.42 Å². The number of carbonyl (C=O) groups excluding carboxylic acids is 1. The molecule has 3 nitrogen and oxygen atoms in total. The molecule has 0 radical (unpaired) electrons. The molecule has 2 aromatic carbocycles. The third kappa shape index (κ3) is 3.71. The van der Waals surface area contributed by atoms with Gasteiger partial charge in [0, 0.05) is 17.8 Å². The number of rotatable bonds is 5. The van der Waals surface area contributed by atoms with E-state index < -0.39 is 0 Å². The van der Waals surface area contributed by atoms with Gasteiger partial charge in [-0.25, -0.2) is 8.78 Å². The van der Waals surface area contributed by atoms with Crippen molar-refractivity contribution in [3.8, 4) is 5.75 Å². The van der Waals surface area contributed by atoms with Crippen LogP contribution < -0.4 is 9.64 Å². The number of ether oxygens (including phenoxy) is 1. The number of benzene rings is 2. The van der Waals surface area contributed by atoms with E-state index >= 15 is 0 Å². The summed E-state index contributed by atoms with van der Waals surface area (Å²) in [6, 6.07) is 11.3. The molecule has 1 amide bonds. The van der Waals surface area contributed by atoms with E-state index in [-0.39, 0.29) is 18.3 Å². The molecule has 0 aliphatic carbocycles. The summed E-state index contributed by atoms with van der Waals surface area (Å²) >= 11 is 0.